The second kappa shape index (κ2) is 11.1. The number of rotatable bonds is 10. The van der Waals surface area contributed by atoms with Crippen LogP contribution in [0.4, 0.5) is 11.4 Å². The number of aromatic nitrogens is 2. The Morgan fingerprint density at radius 1 is 0.939 bits per heavy atom. The van der Waals surface area contributed by atoms with Gasteiger partial charge in [-0.05, 0) is 36.8 Å². The van der Waals surface area contributed by atoms with Crippen molar-refractivity contribution in [2.45, 2.75) is 19.4 Å². The molecule has 0 aliphatic rings. The predicted octanol–water partition coefficient (Wildman–Crippen LogP) is 2.42. The topological polar surface area (TPSA) is 121 Å². The molecule has 0 radical (unpaired) electrons. The number of benzene rings is 2. The Hall–Kier alpha value is -3.92. The number of anilines is 2. The fourth-order valence-corrected chi connectivity index (χ4v) is 3.24. The molecule has 0 saturated heterocycles. The SMILES string of the molecule is COCC(=O)Nc1ccc(NC(=O)CCCn2cnc3cc(OC)c(OC)cc3c2=O)cc1. The molecule has 0 unspecified atom stereocenters. The monoisotopic (exact) mass is 454 g/mol. The van der Waals surface area contributed by atoms with Gasteiger partial charge in [-0.3, -0.25) is 19.0 Å². The number of aryl methyl sites for hydroxylation is 1. The first-order valence-corrected chi connectivity index (χ1v) is 10.2. The van der Waals surface area contributed by atoms with E-state index >= 15 is 0 Å². The zero-order valence-electron chi connectivity index (χ0n) is 18.7. The second-order valence-corrected chi connectivity index (χ2v) is 7.18. The van der Waals surface area contributed by atoms with Crippen LogP contribution in [-0.2, 0) is 20.9 Å². The van der Waals surface area contributed by atoms with Crippen LogP contribution in [0, 0.1) is 0 Å². The van der Waals surface area contributed by atoms with E-state index in [0.29, 0.717) is 46.7 Å². The van der Waals surface area contributed by atoms with Crippen LogP contribution in [0.15, 0.2) is 47.5 Å². The summed E-state index contributed by atoms with van der Waals surface area (Å²) in [7, 11) is 4.47. The van der Waals surface area contributed by atoms with Crippen LogP contribution in [0.25, 0.3) is 10.9 Å². The molecule has 1 heterocycles. The molecule has 0 spiro atoms. The molecule has 2 amide bonds. The van der Waals surface area contributed by atoms with E-state index in [1.165, 1.54) is 32.2 Å². The smallest absolute Gasteiger partial charge is 0.261 e. The number of hydrogen-bond acceptors (Lipinski definition) is 7. The third-order valence-corrected chi connectivity index (χ3v) is 4.86. The molecule has 3 rings (SSSR count). The molecule has 10 nitrogen and oxygen atoms in total. The molecular formula is C23H26N4O6. The Balaban J connectivity index is 1.56. The average Bonchev–Trinajstić information content (AvgIpc) is 2.81. The molecule has 33 heavy (non-hydrogen) atoms. The summed E-state index contributed by atoms with van der Waals surface area (Å²) in [5.41, 5.74) is 1.50. The number of carbonyl (C=O) groups is 2. The molecule has 0 fully saturated rings. The number of nitrogens with zero attached hydrogens (tertiary/aromatic N) is 2. The lowest BCUT2D eigenvalue weighted by Crippen LogP contribution is -2.22. The van der Waals surface area contributed by atoms with Crippen LogP contribution in [0.5, 0.6) is 11.5 Å². The maximum atomic E-state index is 12.8. The summed E-state index contributed by atoms with van der Waals surface area (Å²) in [5, 5.41) is 5.89. The van der Waals surface area contributed by atoms with Gasteiger partial charge >= 0.3 is 0 Å². The Morgan fingerprint density at radius 2 is 1.55 bits per heavy atom. The lowest BCUT2D eigenvalue weighted by Gasteiger charge is -2.11. The zero-order chi connectivity index (χ0) is 23.8. The van der Waals surface area contributed by atoms with E-state index in [4.69, 9.17) is 14.2 Å². The highest BCUT2D eigenvalue weighted by Gasteiger charge is 2.11. The number of nitrogens with one attached hydrogen (secondary N) is 2. The fourth-order valence-electron chi connectivity index (χ4n) is 3.24. The van der Waals surface area contributed by atoms with Crippen molar-refractivity contribution in [3.05, 3.63) is 53.1 Å². The first kappa shape index (κ1) is 23.7. The molecule has 174 valence electrons. The Kier molecular flexibility index (Phi) is 7.98. The normalized spacial score (nSPS) is 10.6. The summed E-state index contributed by atoms with van der Waals surface area (Å²) >= 11 is 0. The third kappa shape index (κ3) is 6.07. The molecule has 1 aromatic heterocycles. The van der Waals surface area contributed by atoms with Crippen molar-refractivity contribution < 1.29 is 23.8 Å². The number of fused-ring (bicyclic) bond motifs is 1. The van der Waals surface area contributed by atoms with E-state index in [9.17, 15) is 14.4 Å². The highest BCUT2D eigenvalue weighted by atomic mass is 16.5. The molecule has 0 aliphatic carbocycles. The zero-order valence-corrected chi connectivity index (χ0v) is 18.7. The van der Waals surface area contributed by atoms with Gasteiger partial charge in [0.2, 0.25) is 11.8 Å². The fraction of sp³-hybridized carbons (Fsp3) is 0.304. The first-order chi connectivity index (χ1) is 15.9. The summed E-state index contributed by atoms with van der Waals surface area (Å²) < 4.78 is 16.7. The Morgan fingerprint density at radius 3 is 2.15 bits per heavy atom. The number of carbonyl (C=O) groups excluding carboxylic acids is 2. The minimum absolute atomic E-state index is 0.0317. The molecular weight excluding hydrogens is 428 g/mol. The van der Waals surface area contributed by atoms with Gasteiger partial charge in [0.05, 0.1) is 31.4 Å². The summed E-state index contributed by atoms with van der Waals surface area (Å²) in [6.45, 7) is 0.310. The molecule has 2 N–H and O–H groups in total. The molecule has 10 heteroatoms. The molecule has 0 bridgehead atoms. The summed E-state index contributed by atoms with van der Waals surface area (Å²) in [6, 6.07) is 10.0. The molecule has 0 saturated carbocycles. The van der Waals surface area contributed by atoms with E-state index in [2.05, 4.69) is 15.6 Å². The van der Waals surface area contributed by atoms with Gasteiger partial charge < -0.3 is 24.8 Å². The number of hydrogen-bond donors (Lipinski definition) is 2. The van der Waals surface area contributed by atoms with Crippen LogP contribution in [0.1, 0.15) is 12.8 Å². The van der Waals surface area contributed by atoms with Gasteiger partial charge in [0.1, 0.15) is 6.61 Å². The van der Waals surface area contributed by atoms with Gasteiger partial charge in [0.25, 0.3) is 5.56 Å². The van der Waals surface area contributed by atoms with Gasteiger partial charge in [-0.25, -0.2) is 4.98 Å². The van der Waals surface area contributed by atoms with Crippen molar-refractivity contribution >= 4 is 34.1 Å². The van der Waals surface area contributed by atoms with E-state index in [-0.39, 0.29) is 30.4 Å². The minimum atomic E-state index is -0.259. The molecule has 0 aliphatic heterocycles. The first-order valence-electron chi connectivity index (χ1n) is 10.2. The number of methoxy groups -OCH3 is 3. The highest BCUT2D eigenvalue weighted by molar-refractivity contribution is 5.93. The highest BCUT2D eigenvalue weighted by Crippen LogP contribution is 2.29. The van der Waals surface area contributed by atoms with Crippen molar-refractivity contribution in [1.29, 1.82) is 0 Å². The van der Waals surface area contributed by atoms with Crippen molar-refractivity contribution in [3.8, 4) is 11.5 Å². The van der Waals surface area contributed by atoms with E-state index < -0.39 is 0 Å². The lowest BCUT2D eigenvalue weighted by molar-refractivity contribution is -0.119. The van der Waals surface area contributed by atoms with Crippen molar-refractivity contribution in [2.24, 2.45) is 0 Å². The summed E-state index contributed by atoms with van der Waals surface area (Å²) in [6.07, 6.45) is 2.14. The van der Waals surface area contributed by atoms with Crippen molar-refractivity contribution in [2.75, 3.05) is 38.6 Å². The summed E-state index contributed by atoms with van der Waals surface area (Å²) in [5.74, 6) is 0.506. The van der Waals surface area contributed by atoms with Gasteiger partial charge in [-0.1, -0.05) is 0 Å². The second-order valence-electron chi connectivity index (χ2n) is 7.18. The van der Waals surface area contributed by atoms with E-state index in [1.807, 2.05) is 0 Å². The molecule has 3 aromatic rings. The Labute approximate surface area is 190 Å². The van der Waals surface area contributed by atoms with Crippen LogP contribution >= 0.6 is 0 Å². The maximum Gasteiger partial charge on any atom is 0.261 e. The van der Waals surface area contributed by atoms with Crippen LogP contribution in [0.3, 0.4) is 0 Å². The number of ether oxygens (including phenoxy) is 3. The van der Waals surface area contributed by atoms with E-state index in [1.54, 1.807) is 36.4 Å². The van der Waals surface area contributed by atoms with Gasteiger partial charge in [0.15, 0.2) is 11.5 Å². The minimum Gasteiger partial charge on any atom is -0.493 e. The molecule has 2 aromatic carbocycles. The largest absolute Gasteiger partial charge is 0.493 e. The lowest BCUT2D eigenvalue weighted by atomic mass is 10.2. The van der Waals surface area contributed by atoms with Gasteiger partial charge in [-0.15, -0.1) is 0 Å². The predicted molar refractivity (Wildman–Crippen MR) is 124 cm³/mol. The average molecular weight is 454 g/mol. The van der Waals surface area contributed by atoms with Crippen LogP contribution < -0.4 is 25.7 Å². The quantitative estimate of drug-likeness (QED) is 0.483. The van der Waals surface area contributed by atoms with Crippen LogP contribution in [-0.4, -0.2) is 49.3 Å². The maximum absolute atomic E-state index is 12.8. The van der Waals surface area contributed by atoms with Gasteiger partial charge in [-0.2, -0.15) is 0 Å². The van der Waals surface area contributed by atoms with Gasteiger partial charge in [0, 0.05) is 37.5 Å². The van der Waals surface area contributed by atoms with Crippen molar-refractivity contribution in [3.63, 3.8) is 0 Å². The number of amides is 2. The van der Waals surface area contributed by atoms with Crippen molar-refractivity contribution in [1.82, 2.24) is 9.55 Å². The standard InChI is InChI=1S/C23H26N4O6/c1-31-13-22(29)26-16-8-6-15(7-9-16)25-21(28)5-4-10-27-14-24-18-12-20(33-3)19(32-2)11-17(18)23(27)30/h6-9,11-12,14H,4-5,10,13H2,1-3H3,(H,25,28)(H,26,29). The Bertz CT molecular complexity index is 1190. The third-order valence-electron chi connectivity index (χ3n) is 4.86. The molecule has 0 atom stereocenters. The summed E-state index contributed by atoms with van der Waals surface area (Å²) in [4.78, 5) is 40.9. The van der Waals surface area contributed by atoms with Crippen LogP contribution in [0.2, 0.25) is 0 Å². The van der Waals surface area contributed by atoms with E-state index in [0.717, 1.165) is 0 Å².